The zero-order valence-electron chi connectivity index (χ0n) is 18.8. The van der Waals surface area contributed by atoms with Crippen molar-refractivity contribution in [1.82, 2.24) is 30.6 Å². The van der Waals surface area contributed by atoms with E-state index in [2.05, 4.69) is 30.6 Å². The lowest BCUT2D eigenvalue weighted by atomic mass is 9.94. The van der Waals surface area contributed by atoms with E-state index in [9.17, 15) is 23.1 Å². The zero-order valence-corrected chi connectivity index (χ0v) is 19.6. The Morgan fingerprint density at radius 3 is 2.53 bits per heavy atom. The number of hydrogen-bond acceptors (Lipinski definition) is 6. The van der Waals surface area contributed by atoms with E-state index in [1.54, 1.807) is 12.1 Å². The molecule has 9 nitrogen and oxygen atoms in total. The topological polar surface area (TPSA) is 130 Å². The first-order valence-corrected chi connectivity index (χ1v) is 11.2. The molecule has 13 heteroatoms. The third kappa shape index (κ3) is 5.48. The number of aromatic nitrogens is 6. The standard InChI is InChI=1S/C23H20ClF3N6O3/c1-2-3-16(20-28-18(22(34)35)19(24)29-20)12-5-8-15(9-6-12)36-11-13-4-7-14(23(25,26)27)10-17(13)21-30-32-33-31-21/h4-10,16H,2-3,11H2,1H3,(H,28,29)(H,34,35)(H,30,31,32,33). The number of benzene rings is 2. The normalized spacial score (nSPS) is 12.5. The van der Waals surface area contributed by atoms with Gasteiger partial charge in [-0.1, -0.05) is 43.1 Å². The quantitative estimate of drug-likeness (QED) is 0.267. The van der Waals surface area contributed by atoms with Crippen LogP contribution in [0.4, 0.5) is 13.2 Å². The molecule has 188 valence electrons. The molecule has 0 saturated heterocycles. The van der Waals surface area contributed by atoms with E-state index in [0.717, 1.165) is 24.1 Å². The molecule has 0 radical (unpaired) electrons. The second-order valence-electron chi connectivity index (χ2n) is 7.89. The summed E-state index contributed by atoms with van der Waals surface area (Å²) in [7, 11) is 0. The summed E-state index contributed by atoms with van der Waals surface area (Å²) in [6, 6.07) is 10.3. The molecule has 0 aliphatic rings. The van der Waals surface area contributed by atoms with Crippen LogP contribution >= 0.6 is 11.6 Å². The molecule has 0 amide bonds. The van der Waals surface area contributed by atoms with Gasteiger partial charge in [0.05, 0.1) is 5.56 Å². The first kappa shape index (κ1) is 25.2. The average molecular weight is 521 g/mol. The number of tetrazole rings is 1. The Morgan fingerprint density at radius 1 is 1.19 bits per heavy atom. The van der Waals surface area contributed by atoms with E-state index in [0.29, 0.717) is 23.6 Å². The van der Waals surface area contributed by atoms with Gasteiger partial charge in [0.15, 0.2) is 5.69 Å². The van der Waals surface area contributed by atoms with Gasteiger partial charge in [-0.25, -0.2) is 9.78 Å². The van der Waals surface area contributed by atoms with Crippen molar-refractivity contribution in [2.75, 3.05) is 0 Å². The number of aromatic carboxylic acids is 1. The molecule has 0 spiro atoms. The van der Waals surface area contributed by atoms with Gasteiger partial charge in [-0.15, -0.1) is 10.2 Å². The van der Waals surface area contributed by atoms with Gasteiger partial charge in [0, 0.05) is 17.0 Å². The van der Waals surface area contributed by atoms with E-state index >= 15 is 0 Å². The van der Waals surface area contributed by atoms with Gasteiger partial charge >= 0.3 is 12.1 Å². The van der Waals surface area contributed by atoms with E-state index in [-0.39, 0.29) is 34.8 Å². The van der Waals surface area contributed by atoms with Gasteiger partial charge in [-0.2, -0.15) is 18.4 Å². The van der Waals surface area contributed by atoms with Crippen molar-refractivity contribution in [2.24, 2.45) is 0 Å². The van der Waals surface area contributed by atoms with Crippen LogP contribution in [0.25, 0.3) is 11.4 Å². The predicted octanol–water partition coefficient (Wildman–Crippen LogP) is 5.47. The summed E-state index contributed by atoms with van der Waals surface area (Å²) < 4.78 is 45.4. The first-order chi connectivity index (χ1) is 17.2. The second kappa shape index (κ2) is 10.4. The molecule has 4 rings (SSSR count). The number of carbonyl (C=O) groups is 1. The van der Waals surface area contributed by atoms with Crippen molar-refractivity contribution in [1.29, 1.82) is 0 Å². The van der Waals surface area contributed by atoms with Crippen LogP contribution in [-0.2, 0) is 12.8 Å². The number of hydrogen-bond donors (Lipinski definition) is 3. The summed E-state index contributed by atoms with van der Waals surface area (Å²) >= 11 is 5.98. The number of aromatic amines is 2. The van der Waals surface area contributed by atoms with Crippen molar-refractivity contribution in [3.05, 3.63) is 75.8 Å². The molecule has 0 saturated carbocycles. The highest BCUT2D eigenvalue weighted by atomic mass is 35.5. The number of halogens is 4. The average Bonchev–Trinajstić information content (AvgIpc) is 3.51. The van der Waals surface area contributed by atoms with Crippen LogP contribution in [0.5, 0.6) is 5.75 Å². The van der Waals surface area contributed by atoms with Crippen molar-refractivity contribution < 1.29 is 27.8 Å². The van der Waals surface area contributed by atoms with Gasteiger partial charge in [-0.3, -0.25) is 0 Å². The van der Waals surface area contributed by atoms with E-state index in [1.165, 1.54) is 6.07 Å². The minimum Gasteiger partial charge on any atom is -0.489 e. The van der Waals surface area contributed by atoms with Gasteiger partial charge < -0.3 is 14.8 Å². The summed E-state index contributed by atoms with van der Waals surface area (Å²) in [6.45, 7) is 1.97. The van der Waals surface area contributed by atoms with E-state index in [4.69, 9.17) is 16.3 Å². The van der Waals surface area contributed by atoms with Gasteiger partial charge in [0.1, 0.15) is 23.3 Å². The fourth-order valence-corrected chi connectivity index (χ4v) is 3.97. The molecular formula is C23H20ClF3N6O3. The monoisotopic (exact) mass is 520 g/mol. The zero-order chi connectivity index (χ0) is 25.9. The summed E-state index contributed by atoms with van der Waals surface area (Å²) in [4.78, 5) is 18.3. The maximum absolute atomic E-state index is 13.2. The maximum Gasteiger partial charge on any atom is 0.416 e. The lowest BCUT2D eigenvalue weighted by Crippen LogP contribution is -2.07. The largest absolute Gasteiger partial charge is 0.489 e. The molecule has 4 aromatic rings. The maximum atomic E-state index is 13.2. The molecule has 2 aromatic heterocycles. The number of carboxylic acids is 1. The number of nitrogens with one attached hydrogen (secondary N) is 2. The fraction of sp³-hybridized carbons (Fsp3) is 0.261. The number of ether oxygens (including phenoxy) is 1. The van der Waals surface area contributed by atoms with Gasteiger partial charge in [0.2, 0.25) is 5.82 Å². The molecule has 1 atom stereocenters. The number of alkyl halides is 3. The van der Waals surface area contributed by atoms with Crippen LogP contribution in [0, 0.1) is 0 Å². The van der Waals surface area contributed by atoms with Gasteiger partial charge in [-0.05, 0) is 41.5 Å². The van der Waals surface area contributed by atoms with Crippen LogP contribution in [0.3, 0.4) is 0 Å². The number of nitrogens with zero attached hydrogens (tertiary/aromatic N) is 4. The lowest BCUT2D eigenvalue weighted by molar-refractivity contribution is -0.137. The highest BCUT2D eigenvalue weighted by molar-refractivity contribution is 6.32. The summed E-state index contributed by atoms with van der Waals surface area (Å²) in [5, 5.41) is 22.5. The van der Waals surface area contributed by atoms with Crippen LogP contribution in [0.2, 0.25) is 5.15 Å². The Bertz CT molecular complexity index is 1340. The smallest absolute Gasteiger partial charge is 0.416 e. The molecule has 3 N–H and O–H groups in total. The molecule has 0 aliphatic heterocycles. The highest BCUT2D eigenvalue weighted by Crippen LogP contribution is 2.34. The third-order valence-electron chi connectivity index (χ3n) is 5.49. The molecule has 36 heavy (non-hydrogen) atoms. The molecule has 2 heterocycles. The predicted molar refractivity (Wildman–Crippen MR) is 123 cm³/mol. The summed E-state index contributed by atoms with van der Waals surface area (Å²) in [6.07, 6.45) is -3.01. The Morgan fingerprint density at radius 2 is 1.94 bits per heavy atom. The molecular weight excluding hydrogens is 501 g/mol. The summed E-state index contributed by atoms with van der Waals surface area (Å²) in [5.74, 6) is -0.478. The SMILES string of the molecule is CCCC(c1ccc(OCc2ccc(C(F)(F)F)cc2-c2nn[nH]n2)cc1)c1nc(C(=O)O)c(Cl)[nH]1. The van der Waals surface area contributed by atoms with Crippen molar-refractivity contribution in [3.8, 4) is 17.1 Å². The van der Waals surface area contributed by atoms with Crippen molar-refractivity contribution >= 4 is 17.6 Å². The third-order valence-corrected chi connectivity index (χ3v) is 5.76. The minimum absolute atomic E-state index is 0.0234. The Hall–Kier alpha value is -3.93. The molecule has 1 unspecified atom stereocenters. The molecule has 0 aliphatic carbocycles. The number of imidazole rings is 1. The summed E-state index contributed by atoms with van der Waals surface area (Å²) in [5.41, 5.74) is 0.405. The van der Waals surface area contributed by atoms with Crippen LogP contribution in [0.15, 0.2) is 42.5 Å². The number of carboxylic acid groups (broad SMARTS) is 1. The molecule has 0 bridgehead atoms. The Balaban J connectivity index is 1.54. The number of rotatable bonds is 9. The minimum atomic E-state index is -4.52. The lowest BCUT2D eigenvalue weighted by Gasteiger charge is -2.16. The van der Waals surface area contributed by atoms with Gasteiger partial charge in [0.25, 0.3) is 0 Å². The van der Waals surface area contributed by atoms with Crippen LogP contribution in [0.1, 0.15) is 58.7 Å². The second-order valence-corrected chi connectivity index (χ2v) is 8.27. The fourth-order valence-electron chi connectivity index (χ4n) is 3.75. The van der Waals surface area contributed by atoms with E-state index < -0.39 is 17.7 Å². The Kier molecular flexibility index (Phi) is 7.25. The van der Waals surface area contributed by atoms with Crippen LogP contribution < -0.4 is 4.74 Å². The number of H-pyrrole nitrogens is 2. The molecule has 2 aromatic carbocycles. The highest BCUT2D eigenvalue weighted by Gasteiger charge is 2.31. The first-order valence-electron chi connectivity index (χ1n) is 10.8. The Labute approximate surface area is 207 Å². The molecule has 0 fully saturated rings. The van der Waals surface area contributed by atoms with E-state index in [1.807, 2.05) is 19.1 Å². The van der Waals surface area contributed by atoms with Crippen LogP contribution in [-0.4, -0.2) is 41.7 Å². The van der Waals surface area contributed by atoms with Crippen molar-refractivity contribution in [3.63, 3.8) is 0 Å². The van der Waals surface area contributed by atoms with Crippen molar-refractivity contribution in [2.45, 2.75) is 38.5 Å².